The third kappa shape index (κ3) is 4.98. The minimum Gasteiger partial charge on any atom is -0.310 e. The van der Waals surface area contributed by atoms with Crippen LogP contribution in [0.5, 0.6) is 0 Å². The van der Waals surface area contributed by atoms with Gasteiger partial charge in [0.15, 0.2) is 0 Å². The van der Waals surface area contributed by atoms with E-state index in [1.807, 2.05) is 6.20 Å². The van der Waals surface area contributed by atoms with E-state index in [9.17, 15) is 0 Å². The Labute approximate surface area is 334 Å². The third-order valence-electron chi connectivity index (χ3n) is 12.9. The summed E-state index contributed by atoms with van der Waals surface area (Å²) in [5, 5.41) is 3.42. The predicted molar refractivity (Wildman–Crippen MR) is 239 cm³/mol. The van der Waals surface area contributed by atoms with Gasteiger partial charge in [0.2, 0.25) is 0 Å². The number of para-hydroxylation sites is 1. The van der Waals surface area contributed by atoms with Crippen LogP contribution in [0.1, 0.15) is 68.5 Å². The molecular formula is C54H43N3. The largest absolute Gasteiger partial charge is 0.310 e. The average Bonchev–Trinajstić information content (AvgIpc) is 3.63. The zero-order chi connectivity index (χ0) is 38.5. The lowest BCUT2D eigenvalue weighted by molar-refractivity contribution is 0.660. The van der Waals surface area contributed by atoms with Crippen LogP contribution in [0, 0.1) is 0 Å². The van der Waals surface area contributed by atoms with Crippen LogP contribution in [0.15, 0.2) is 164 Å². The van der Waals surface area contributed by atoms with Crippen molar-refractivity contribution < 1.29 is 0 Å². The monoisotopic (exact) mass is 733 g/mol. The van der Waals surface area contributed by atoms with Crippen molar-refractivity contribution >= 4 is 44.3 Å². The van der Waals surface area contributed by atoms with Crippen LogP contribution < -0.4 is 4.90 Å². The first-order valence-corrected chi connectivity index (χ1v) is 20.2. The van der Waals surface area contributed by atoms with E-state index in [0.717, 1.165) is 63.0 Å². The van der Waals surface area contributed by atoms with Gasteiger partial charge < -0.3 is 4.90 Å². The van der Waals surface area contributed by atoms with Crippen molar-refractivity contribution in [3.63, 3.8) is 0 Å². The number of aromatic nitrogens is 2. The van der Waals surface area contributed by atoms with Crippen LogP contribution in [0.2, 0.25) is 0 Å². The van der Waals surface area contributed by atoms with E-state index in [0.29, 0.717) is 0 Å². The van der Waals surface area contributed by atoms with Crippen LogP contribution in [-0.4, -0.2) is 9.97 Å². The third-order valence-corrected chi connectivity index (χ3v) is 12.9. The van der Waals surface area contributed by atoms with Gasteiger partial charge in [0, 0.05) is 50.3 Å². The van der Waals surface area contributed by atoms with Crippen molar-refractivity contribution in [2.75, 3.05) is 4.90 Å². The highest BCUT2D eigenvalue weighted by Crippen LogP contribution is 2.56. The summed E-state index contributed by atoms with van der Waals surface area (Å²) in [6.07, 6.45) is 10.8. The van der Waals surface area contributed by atoms with E-state index in [2.05, 4.69) is 190 Å². The summed E-state index contributed by atoms with van der Waals surface area (Å²) < 4.78 is 0. The first-order valence-electron chi connectivity index (χ1n) is 20.2. The van der Waals surface area contributed by atoms with Gasteiger partial charge in [-0.15, -0.1) is 0 Å². The van der Waals surface area contributed by atoms with Crippen molar-refractivity contribution in [1.82, 2.24) is 9.97 Å². The molecule has 0 N–H and O–H groups in total. The van der Waals surface area contributed by atoms with Crippen molar-refractivity contribution in [2.24, 2.45) is 0 Å². The molecule has 57 heavy (non-hydrogen) atoms. The standard InChI is InChI=1S/C54H43N3/c1-53(2)44-21-12-9-19-42(44)49-45(53)22-14-24-48(49)57(37-29-30-39-38-17-8-11-20-43(38)54(3,4)46(39)33-37)36-27-25-35(26-28-36)52-50-41(40-18-10-13-23-47(40)56-52)31-32-55-51(50)34-15-6-5-7-16-34/h6,8-33H,5,7H2,1-4H3. The first-order chi connectivity index (χ1) is 27.8. The van der Waals surface area contributed by atoms with Crippen molar-refractivity contribution in [1.29, 1.82) is 0 Å². The van der Waals surface area contributed by atoms with Gasteiger partial charge in [-0.1, -0.05) is 143 Å². The fraction of sp³-hybridized carbons (Fsp3) is 0.148. The van der Waals surface area contributed by atoms with Gasteiger partial charge in [0.25, 0.3) is 0 Å². The Hall–Kier alpha value is -6.58. The van der Waals surface area contributed by atoms with Crippen LogP contribution in [0.3, 0.4) is 0 Å². The second kappa shape index (κ2) is 12.5. The maximum Gasteiger partial charge on any atom is 0.0810 e. The van der Waals surface area contributed by atoms with Crippen molar-refractivity contribution in [3.05, 3.63) is 192 Å². The Bertz CT molecular complexity index is 3020. The van der Waals surface area contributed by atoms with Gasteiger partial charge >= 0.3 is 0 Å². The molecule has 0 atom stereocenters. The number of pyridine rings is 2. The lowest BCUT2D eigenvalue weighted by atomic mass is 9.82. The van der Waals surface area contributed by atoms with Crippen LogP contribution >= 0.6 is 0 Å². The summed E-state index contributed by atoms with van der Waals surface area (Å²) in [7, 11) is 0. The van der Waals surface area contributed by atoms with E-state index in [1.54, 1.807) is 0 Å². The summed E-state index contributed by atoms with van der Waals surface area (Å²) >= 11 is 0. The minimum atomic E-state index is -0.123. The topological polar surface area (TPSA) is 29.0 Å². The van der Waals surface area contributed by atoms with Crippen molar-refractivity contribution in [2.45, 2.75) is 51.4 Å². The lowest BCUT2D eigenvalue weighted by Gasteiger charge is -2.30. The molecule has 0 unspecified atom stereocenters. The predicted octanol–water partition coefficient (Wildman–Crippen LogP) is 14.3. The Balaban J connectivity index is 1.13. The molecule has 0 saturated carbocycles. The fourth-order valence-corrected chi connectivity index (χ4v) is 10.1. The molecule has 8 aromatic rings. The highest BCUT2D eigenvalue weighted by molar-refractivity contribution is 6.14. The molecule has 0 bridgehead atoms. The number of allylic oxidation sites excluding steroid dienone is 4. The van der Waals surface area contributed by atoms with Gasteiger partial charge in [0.05, 0.1) is 22.6 Å². The van der Waals surface area contributed by atoms with Crippen LogP contribution in [-0.2, 0) is 10.8 Å². The first kappa shape index (κ1) is 33.7. The molecule has 0 aliphatic heterocycles. The number of hydrogen-bond acceptors (Lipinski definition) is 3. The zero-order valence-corrected chi connectivity index (χ0v) is 32.8. The SMILES string of the molecule is CC1(C)c2ccccc2-c2ccc(N(c3ccc(-c4nc5ccccc5c5ccnc(C6=CCCC=C6)c45)cc3)c3cccc4c3-c3ccccc3C4(C)C)cc21. The average molecular weight is 734 g/mol. The van der Waals surface area contributed by atoms with E-state index in [1.165, 1.54) is 55.6 Å². The molecular weight excluding hydrogens is 691 g/mol. The molecule has 0 amide bonds. The normalized spacial score (nSPS) is 15.5. The zero-order valence-electron chi connectivity index (χ0n) is 32.8. The Kier molecular flexibility index (Phi) is 7.38. The van der Waals surface area contributed by atoms with E-state index in [4.69, 9.17) is 9.97 Å². The molecule has 3 aliphatic rings. The van der Waals surface area contributed by atoms with E-state index >= 15 is 0 Å². The van der Waals surface area contributed by atoms with Gasteiger partial charge in [-0.3, -0.25) is 4.98 Å². The molecule has 0 radical (unpaired) electrons. The molecule has 3 nitrogen and oxygen atoms in total. The number of anilines is 3. The summed E-state index contributed by atoms with van der Waals surface area (Å²) in [6.45, 7) is 9.45. The molecule has 0 fully saturated rings. The highest BCUT2D eigenvalue weighted by Gasteiger charge is 2.39. The van der Waals surface area contributed by atoms with Crippen molar-refractivity contribution in [3.8, 4) is 33.5 Å². The molecule has 3 heteroatoms. The Morgan fingerprint density at radius 1 is 0.544 bits per heavy atom. The highest BCUT2D eigenvalue weighted by atomic mass is 15.1. The molecule has 0 saturated heterocycles. The van der Waals surface area contributed by atoms with Gasteiger partial charge in [0.1, 0.15) is 0 Å². The quantitative estimate of drug-likeness (QED) is 0.165. The molecule has 0 spiro atoms. The summed E-state index contributed by atoms with van der Waals surface area (Å²) in [6, 6.07) is 51.5. The molecule has 2 heterocycles. The van der Waals surface area contributed by atoms with Crippen LogP contribution in [0.25, 0.3) is 60.8 Å². The Morgan fingerprint density at radius 2 is 1.23 bits per heavy atom. The molecule has 6 aromatic carbocycles. The second-order valence-corrected chi connectivity index (χ2v) is 16.9. The number of benzene rings is 6. The van der Waals surface area contributed by atoms with Gasteiger partial charge in [-0.25, -0.2) is 4.98 Å². The number of fused-ring (bicyclic) bond motifs is 9. The number of hydrogen-bond donors (Lipinski definition) is 0. The number of rotatable bonds is 5. The minimum absolute atomic E-state index is 0.115. The molecule has 2 aromatic heterocycles. The summed E-state index contributed by atoms with van der Waals surface area (Å²) in [5.41, 5.74) is 19.1. The molecule has 11 rings (SSSR count). The second-order valence-electron chi connectivity index (χ2n) is 16.9. The van der Waals surface area contributed by atoms with E-state index in [-0.39, 0.29) is 10.8 Å². The van der Waals surface area contributed by atoms with Gasteiger partial charge in [-0.05, 0) is 105 Å². The maximum atomic E-state index is 5.38. The summed E-state index contributed by atoms with van der Waals surface area (Å²) in [4.78, 5) is 12.9. The van der Waals surface area contributed by atoms with Gasteiger partial charge in [-0.2, -0.15) is 0 Å². The lowest BCUT2D eigenvalue weighted by Crippen LogP contribution is -2.17. The summed E-state index contributed by atoms with van der Waals surface area (Å²) in [5.74, 6) is 0. The van der Waals surface area contributed by atoms with Crippen LogP contribution in [0.4, 0.5) is 17.1 Å². The smallest absolute Gasteiger partial charge is 0.0810 e. The maximum absolute atomic E-state index is 5.38. The number of nitrogens with zero attached hydrogens (tertiary/aromatic N) is 3. The Morgan fingerprint density at radius 3 is 2.04 bits per heavy atom. The van der Waals surface area contributed by atoms with E-state index < -0.39 is 0 Å². The molecule has 274 valence electrons. The molecule has 3 aliphatic carbocycles. The fourth-order valence-electron chi connectivity index (χ4n) is 10.1.